The molecule has 18 heavy (non-hydrogen) atoms. The van der Waals surface area contributed by atoms with Crippen molar-refractivity contribution in [1.29, 1.82) is 0 Å². The Morgan fingerprint density at radius 3 is 2.28 bits per heavy atom. The molecule has 2 aromatic rings. The summed E-state index contributed by atoms with van der Waals surface area (Å²) in [5.74, 6) is 0. The van der Waals surface area contributed by atoms with Crippen molar-refractivity contribution in [2.45, 2.75) is 26.2 Å². The molecule has 0 bridgehead atoms. The Kier molecular flexibility index (Phi) is 5.20. The van der Waals surface area contributed by atoms with Crippen molar-refractivity contribution in [2.24, 2.45) is 0 Å². The van der Waals surface area contributed by atoms with Crippen molar-refractivity contribution in [3.05, 3.63) is 40.4 Å². The van der Waals surface area contributed by atoms with Gasteiger partial charge in [-0.05, 0) is 24.3 Å². The van der Waals surface area contributed by atoms with E-state index in [-0.39, 0.29) is 22.4 Å². The molecule has 0 saturated carbocycles. The van der Waals surface area contributed by atoms with Gasteiger partial charge in [-0.1, -0.05) is 32.4 Å². The van der Waals surface area contributed by atoms with Gasteiger partial charge in [0.2, 0.25) is 0 Å². The van der Waals surface area contributed by atoms with Gasteiger partial charge in [0.1, 0.15) is 0 Å². The van der Waals surface area contributed by atoms with E-state index in [9.17, 15) is 0 Å². The number of rotatable bonds is 2. The van der Waals surface area contributed by atoms with E-state index in [4.69, 9.17) is 11.6 Å². The second-order valence-electron chi connectivity index (χ2n) is 4.92. The highest BCUT2D eigenvalue weighted by Gasteiger charge is 2.17. The first-order valence-corrected chi connectivity index (χ1v) is 6.69. The highest BCUT2D eigenvalue weighted by atomic mass is 79.9. The molecule has 0 aliphatic heterocycles. The lowest BCUT2D eigenvalue weighted by molar-refractivity contribution is 0.573. The molecule has 1 N–H and O–H groups in total. The summed E-state index contributed by atoms with van der Waals surface area (Å²) >= 11 is 7.46. The zero-order valence-electron chi connectivity index (χ0n) is 10.5. The number of aromatic nitrogens is 1. The summed E-state index contributed by atoms with van der Waals surface area (Å²) in [5.41, 5.74) is 2.21. The standard InChI is InChI=1S/C13H15ClN2S.BrH/c1-13(2,3)11-8-17-12(16-11)15-10-6-4-9(14)5-7-10;/h4-8H,1-3H3,(H,15,16);1H. The topological polar surface area (TPSA) is 24.9 Å². The summed E-state index contributed by atoms with van der Waals surface area (Å²) in [5, 5.41) is 7.02. The molecule has 5 heteroatoms. The molecule has 0 aliphatic carbocycles. The van der Waals surface area contributed by atoms with Gasteiger partial charge in [-0.2, -0.15) is 0 Å². The van der Waals surface area contributed by atoms with E-state index in [1.54, 1.807) is 11.3 Å². The van der Waals surface area contributed by atoms with E-state index >= 15 is 0 Å². The zero-order chi connectivity index (χ0) is 12.5. The molecule has 1 aromatic heterocycles. The minimum absolute atomic E-state index is 0. The van der Waals surface area contributed by atoms with E-state index in [0.717, 1.165) is 21.5 Å². The molecule has 1 heterocycles. The number of hydrogen-bond donors (Lipinski definition) is 1. The Hall–Kier alpha value is -0.580. The van der Waals surface area contributed by atoms with Crippen molar-refractivity contribution in [1.82, 2.24) is 4.98 Å². The van der Waals surface area contributed by atoms with Gasteiger partial charge >= 0.3 is 0 Å². The van der Waals surface area contributed by atoms with Gasteiger partial charge in [-0.25, -0.2) is 4.98 Å². The van der Waals surface area contributed by atoms with Crippen LogP contribution in [0.5, 0.6) is 0 Å². The van der Waals surface area contributed by atoms with Crippen LogP contribution in [0.4, 0.5) is 10.8 Å². The molecular formula is C13H16BrClN2S. The summed E-state index contributed by atoms with van der Waals surface area (Å²) in [6.45, 7) is 6.48. The Morgan fingerprint density at radius 2 is 1.78 bits per heavy atom. The first kappa shape index (κ1) is 15.5. The van der Waals surface area contributed by atoms with E-state index < -0.39 is 0 Å². The van der Waals surface area contributed by atoms with Crippen LogP contribution >= 0.6 is 39.9 Å². The fourth-order valence-electron chi connectivity index (χ4n) is 1.33. The molecule has 0 fully saturated rings. The highest BCUT2D eigenvalue weighted by molar-refractivity contribution is 8.93. The van der Waals surface area contributed by atoms with Gasteiger partial charge in [-0.15, -0.1) is 28.3 Å². The molecule has 98 valence electrons. The third-order valence-corrected chi connectivity index (χ3v) is 3.38. The molecule has 0 aliphatic rings. The van der Waals surface area contributed by atoms with E-state index in [1.165, 1.54) is 0 Å². The van der Waals surface area contributed by atoms with E-state index in [0.29, 0.717) is 0 Å². The van der Waals surface area contributed by atoms with Crippen LogP contribution in [0, 0.1) is 0 Å². The number of nitrogens with one attached hydrogen (secondary N) is 1. The van der Waals surface area contributed by atoms with Crippen LogP contribution in [-0.4, -0.2) is 4.98 Å². The third kappa shape index (κ3) is 3.97. The third-order valence-electron chi connectivity index (χ3n) is 2.37. The number of thiazole rings is 1. The molecule has 0 saturated heterocycles. The van der Waals surface area contributed by atoms with Crippen molar-refractivity contribution >= 4 is 50.7 Å². The quantitative estimate of drug-likeness (QED) is 0.785. The lowest BCUT2D eigenvalue weighted by atomic mass is 9.93. The van der Waals surface area contributed by atoms with Crippen LogP contribution in [0.15, 0.2) is 29.6 Å². The minimum Gasteiger partial charge on any atom is -0.332 e. The lowest BCUT2D eigenvalue weighted by Crippen LogP contribution is -2.11. The summed E-state index contributed by atoms with van der Waals surface area (Å²) in [6, 6.07) is 7.62. The van der Waals surface area contributed by atoms with Crippen LogP contribution < -0.4 is 5.32 Å². The second kappa shape index (κ2) is 6.04. The van der Waals surface area contributed by atoms with Crippen LogP contribution in [0.2, 0.25) is 5.02 Å². The highest BCUT2D eigenvalue weighted by Crippen LogP contribution is 2.28. The maximum atomic E-state index is 5.84. The molecule has 0 amide bonds. The maximum absolute atomic E-state index is 5.84. The molecule has 2 nitrogen and oxygen atoms in total. The Labute approximate surface area is 127 Å². The molecule has 0 spiro atoms. The molecule has 0 radical (unpaired) electrons. The van der Waals surface area contributed by atoms with Gasteiger partial charge in [0, 0.05) is 21.5 Å². The van der Waals surface area contributed by atoms with E-state index in [1.807, 2.05) is 24.3 Å². The summed E-state index contributed by atoms with van der Waals surface area (Å²) in [6.07, 6.45) is 0. The molecular weight excluding hydrogens is 332 g/mol. The average molecular weight is 348 g/mol. The van der Waals surface area contributed by atoms with Crippen molar-refractivity contribution in [3.8, 4) is 0 Å². The normalized spacial score (nSPS) is 10.9. The molecule has 2 rings (SSSR count). The van der Waals surface area contributed by atoms with Gasteiger partial charge in [0.05, 0.1) is 5.69 Å². The SMILES string of the molecule is Br.CC(C)(C)c1csc(Nc2ccc(Cl)cc2)n1. The number of hydrogen-bond acceptors (Lipinski definition) is 3. The fourth-order valence-corrected chi connectivity index (χ4v) is 2.42. The Balaban J connectivity index is 0.00000162. The number of benzene rings is 1. The molecule has 0 atom stereocenters. The van der Waals surface area contributed by atoms with Gasteiger partial charge in [-0.3, -0.25) is 0 Å². The number of nitrogens with zero attached hydrogens (tertiary/aromatic N) is 1. The van der Waals surface area contributed by atoms with Gasteiger partial charge in [0.15, 0.2) is 5.13 Å². The van der Waals surface area contributed by atoms with Crippen LogP contribution in [0.1, 0.15) is 26.5 Å². The Bertz CT molecular complexity index is 502. The van der Waals surface area contributed by atoms with E-state index in [2.05, 4.69) is 36.5 Å². The van der Waals surface area contributed by atoms with Gasteiger partial charge < -0.3 is 5.32 Å². The zero-order valence-corrected chi connectivity index (χ0v) is 13.8. The van der Waals surface area contributed by atoms with Gasteiger partial charge in [0.25, 0.3) is 0 Å². The van der Waals surface area contributed by atoms with Crippen molar-refractivity contribution in [3.63, 3.8) is 0 Å². The Morgan fingerprint density at radius 1 is 1.17 bits per heavy atom. The van der Waals surface area contributed by atoms with Crippen LogP contribution in [0.25, 0.3) is 0 Å². The first-order valence-electron chi connectivity index (χ1n) is 5.44. The monoisotopic (exact) mass is 346 g/mol. The van der Waals surface area contributed by atoms with Crippen molar-refractivity contribution in [2.75, 3.05) is 5.32 Å². The van der Waals surface area contributed by atoms with Crippen molar-refractivity contribution < 1.29 is 0 Å². The molecule has 1 aromatic carbocycles. The summed E-state index contributed by atoms with van der Waals surface area (Å²) in [4.78, 5) is 4.57. The smallest absolute Gasteiger partial charge is 0.187 e. The fraction of sp³-hybridized carbons (Fsp3) is 0.308. The maximum Gasteiger partial charge on any atom is 0.187 e. The average Bonchev–Trinajstić information content (AvgIpc) is 2.69. The predicted molar refractivity (Wildman–Crippen MR) is 85.9 cm³/mol. The number of anilines is 2. The first-order chi connectivity index (χ1) is 7.95. The van der Waals surface area contributed by atoms with Crippen LogP contribution in [0.3, 0.4) is 0 Å². The van der Waals surface area contributed by atoms with Crippen LogP contribution in [-0.2, 0) is 5.41 Å². The predicted octanol–water partition coefficient (Wildman–Crippen LogP) is 5.42. The summed E-state index contributed by atoms with van der Waals surface area (Å²) < 4.78 is 0. The lowest BCUT2D eigenvalue weighted by Gasteiger charge is -2.14. The summed E-state index contributed by atoms with van der Waals surface area (Å²) in [7, 11) is 0. The second-order valence-corrected chi connectivity index (χ2v) is 6.21. The minimum atomic E-state index is 0. The number of halogens is 2. The largest absolute Gasteiger partial charge is 0.332 e. The molecule has 0 unspecified atom stereocenters.